The van der Waals surface area contributed by atoms with Gasteiger partial charge < -0.3 is 4.74 Å². The van der Waals surface area contributed by atoms with Crippen molar-refractivity contribution in [2.75, 3.05) is 17.1 Å². The van der Waals surface area contributed by atoms with Crippen molar-refractivity contribution in [3.63, 3.8) is 0 Å². The molecule has 156 valence electrons. The summed E-state index contributed by atoms with van der Waals surface area (Å²) in [6, 6.07) is 24.1. The van der Waals surface area contributed by atoms with Gasteiger partial charge in [-0.2, -0.15) is 0 Å². The lowest BCUT2D eigenvalue weighted by Crippen LogP contribution is -2.37. The highest BCUT2D eigenvalue weighted by atomic mass is 16.7. The summed E-state index contributed by atoms with van der Waals surface area (Å²) in [4.78, 5) is 34.3. The van der Waals surface area contributed by atoms with Gasteiger partial charge in [-0.05, 0) is 36.8 Å². The number of para-hydroxylation sites is 1. The average molecular weight is 414 g/mol. The van der Waals surface area contributed by atoms with Gasteiger partial charge in [0.1, 0.15) is 11.7 Å². The molecule has 2 amide bonds. The van der Waals surface area contributed by atoms with Gasteiger partial charge in [-0.1, -0.05) is 54.1 Å². The Kier molecular flexibility index (Phi) is 4.71. The van der Waals surface area contributed by atoms with E-state index in [-0.39, 0.29) is 11.8 Å². The van der Waals surface area contributed by atoms with E-state index in [4.69, 9.17) is 9.57 Å². The van der Waals surface area contributed by atoms with Crippen LogP contribution < -0.4 is 14.7 Å². The van der Waals surface area contributed by atoms with Crippen LogP contribution in [0.25, 0.3) is 0 Å². The summed E-state index contributed by atoms with van der Waals surface area (Å²) in [5, 5.41) is 1.71. The molecule has 0 N–H and O–H groups in total. The van der Waals surface area contributed by atoms with Gasteiger partial charge in [-0.3, -0.25) is 14.4 Å². The van der Waals surface area contributed by atoms with Crippen LogP contribution in [0.1, 0.15) is 17.2 Å². The summed E-state index contributed by atoms with van der Waals surface area (Å²) >= 11 is 0. The Hall–Kier alpha value is -3.64. The number of hydrogen-bond acceptors (Lipinski definition) is 5. The minimum Gasteiger partial charge on any atom is -0.497 e. The van der Waals surface area contributed by atoms with Gasteiger partial charge in [0.2, 0.25) is 5.91 Å². The third-order valence-corrected chi connectivity index (χ3v) is 5.86. The summed E-state index contributed by atoms with van der Waals surface area (Å²) < 4.78 is 5.27. The first-order valence-corrected chi connectivity index (χ1v) is 10.2. The molecule has 0 unspecified atom stereocenters. The fourth-order valence-electron chi connectivity index (χ4n) is 4.32. The number of amides is 2. The Labute approximate surface area is 180 Å². The van der Waals surface area contributed by atoms with E-state index in [0.717, 1.165) is 16.8 Å². The first-order chi connectivity index (χ1) is 15.1. The summed E-state index contributed by atoms with van der Waals surface area (Å²) in [5.74, 6) is -0.704. The molecule has 6 heteroatoms. The van der Waals surface area contributed by atoms with Crippen LogP contribution in [-0.4, -0.2) is 25.0 Å². The number of carbonyl (C=O) groups is 2. The first-order valence-electron chi connectivity index (χ1n) is 10.2. The average Bonchev–Trinajstić information content (AvgIpc) is 3.31. The van der Waals surface area contributed by atoms with Gasteiger partial charge in [0.15, 0.2) is 6.10 Å². The molecule has 0 aliphatic carbocycles. The van der Waals surface area contributed by atoms with Gasteiger partial charge in [0, 0.05) is 6.07 Å². The monoisotopic (exact) mass is 414 g/mol. The van der Waals surface area contributed by atoms with Crippen LogP contribution in [-0.2, 0) is 14.4 Å². The zero-order valence-corrected chi connectivity index (χ0v) is 17.3. The number of hydrogen-bond donors (Lipinski definition) is 0. The summed E-state index contributed by atoms with van der Waals surface area (Å²) in [7, 11) is 1.55. The molecule has 0 bridgehead atoms. The Bertz CT molecular complexity index is 1130. The van der Waals surface area contributed by atoms with Crippen molar-refractivity contribution in [2.24, 2.45) is 5.92 Å². The lowest BCUT2D eigenvalue weighted by molar-refractivity contribution is -0.126. The quantitative estimate of drug-likeness (QED) is 0.603. The molecule has 2 saturated heterocycles. The minimum absolute atomic E-state index is 0.271. The second kappa shape index (κ2) is 7.56. The van der Waals surface area contributed by atoms with Crippen LogP contribution in [0.4, 0.5) is 11.4 Å². The SMILES string of the molecule is COc1cccc(N2C(=O)[C@H]3[C@H](ON(c4ccccc4)[C@@H]3c3ccc(C)cc3)C2=O)c1. The van der Waals surface area contributed by atoms with E-state index in [1.54, 1.807) is 36.4 Å². The maximum atomic E-state index is 13.6. The van der Waals surface area contributed by atoms with Gasteiger partial charge >= 0.3 is 0 Å². The van der Waals surface area contributed by atoms with Crippen LogP contribution in [0.15, 0.2) is 78.9 Å². The Balaban J connectivity index is 1.57. The Morgan fingerprint density at radius 2 is 1.55 bits per heavy atom. The highest BCUT2D eigenvalue weighted by Gasteiger charge is 2.60. The fourth-order valence-corrected chi connectivity index (χ4v) is 4.32. The van der Waals surface area contributed by atoms with Crippen molar-refractivity contribution in [3.05, 3.63) is 90.0 Å². The van der Waals surface area contributed by atoms with Crippen molar-refractivity contribution in [1.82, 2.24) is 0 Å². The summed E-state index contributed by atoms with van der Waals surface area (Å²) in [6.07, 6.45) is -0.884. The molecule has 31 heavy (non-hydrogen) atoms. The second-order valence-corrected chi connectivity index (χ2v) is 7.78. The van der Waals surface area contributed by atoms with E-state index in [9.17, 15) is 9.59 Å². The van der Waals surface area contributed by atoms with Crippen LogP contribution in [0.3, 0.4) is 0 Å². The van der Waals surface area contributed by atoms with E-state index in [1.807, 2.05) is 61.5 Å². The highest BCUT2D eigenvalue weighted by Crippen LogP contribution is 2.47. The van der Waals surface area contributed by atoms with E-state index in [2.05, 4.69) is 0 Å². The largest absolute Gasteiger partial charge is 0.497 e. The molecule has 0 radical (unpaired) electrons. The molecule has 2 aliphatic rings. The number of rotatable bonds is 4. The third kappa shape index (κ3) is 3.16. The lowest BCUT2D eigenvalue weighted by Gasteiger charge is -2.28. The van der Waals surface area contributed by atoms with Crippen LogP contribution in [0.5, 0.6) is 5.75 Å². The molecule has 0 saturated carbocycles. The normalized spacial score (nSPS) is 22.7. The zero-order valence-electron chi connectivity index (χ0n) is 17.3. The molecule has 2 fully saturated rings. The zero-order chi connectivity index (χ0) is 21.5. The molecule has 0 aromatic heterocycles. The van der Waals surface area contributed by atoms with Gasteiger partial charge in [0.05, 0.1) is 24.5 Å². The predicted molar refractivity (Wildman–Crippen MR) is 117 cm³/mol. The molecule has 2 aliphatic heterocycles. The van der Waals surface area contributed by atoms with E-state index < -0.39 is 18.1 Å². The fraction of sp³-hybridized carbons (Fsp3) is 0.200. The first kappa shape index (κ1) is 19.3. The van der Waals surface area contributed by atoms with Gasteiger partial charge in [-0.25, -0.2) is 9.96 Å². The van der Waals surface area contributed by atoms with Crippen molar-refractivity contribution >= 4 is 23.2 Å². The van der Waals surface area contributed by atoms with E-state index >= 15 is 0 Å². The predicted octanol–water partition coefficient (Wildman–Crippen LogP) is 4.05. The third-order valence-electron chi connectivity index (χ3n) is 5.86. The maximum Gasteiger partial charge on any atom is 0.266 e. The van der Waals surface area contributed by atoms with Crippen molar-refractivity contribution in [3.8, 4) is 5.75 Å². The van der Waals surface area contributed by atoms with Crippen molar-refractivity contribution < 1.29 is 19.2 Å². The Morgan fingerprint density at radius 3 is 2.26 bits per heavy atom. The van der Waals surface area contributed by atoms with Crippen LogP contribution in [0, 0.1) is 12.8 Å². The Morgan fingerprint density at radius 1 is 0.839 bits per heavy atom. The van der Waals surface area contributed by atoms with Gasteiger partial charge in [-0.15, -0.1) is 0 Å². The molecule has 5 rings (SSSR count). The minimum atomic E-state index is -0.884. The summed E-state index contributed by atoms with van der Waals surface area (Å²) in [5.41, 5.74) is 3.34. The van der Waals surface area contributed by atoms with Crippen LogP contribution in [0.2, 0.25) is 0 Å². The number of benzene rings is 3. The number of hydroxylamine groups is 1. The molecular weight excluding hydrogens is 392 g/mol. The maximum absolute atomic E-state index is 13.6. The molecule has 0 spiro atoms. The van der Waals surface area contributed by atoms with E-state index in [0.29, 0.717) is 11.4 Å². The standard InChI is InChI=1S/C25H22N2O4/c1-16-11-13-17(14-12-16)22-21-23(31-27(22)18-7-4-3-5-8-18)25(29)26(24(21)28)19-9-6-10-20(15-19)30-2/h3-15,21-23H,1-2H3/t21-,22-,23+/m1/s1. The number of nitrogens with zero attached hydrogens (tertiary/aromatic N) is 2. The number of anilines is 2. The molecule has 3 atom stereocenters. The number of imide groups is 1. The second-order valence-electron chi connectivity index (χ2n) is 7.78. The number of aryl methyl sites for hydroxylation is 1. The van der Waals surface area contributed by atoms with Gasteiger partial charge in [0.25, 0.3) is 5.91 Å². The van der Waals surface area contributed by atoms with E-state index in [1.165, 1.54) is 4.90 Å². The molecule has 3 aromatic carbocycles. The number of methoxy groups -OCH3 is 1. The molecule has 3 aromatic rings. The molecular formula is C25H22N2O4. The number of ether oxygens (including phenoxy) is 1. The number of carbonyl (C=O) groups excluding carboxylic acids is 2. The molecule has 2 heterocycles. The topological polar surface area (TPSA) is 59.1 Å². The highest BCUT2D eigenvalue weighted by molar-refractivity contribution is 6.24. The summed E-state index contributed by atoms with van der Waals surface area (Å²) in [6.45, 7) is 2.02. The lowest BCUT2D eigenvalue weighted by atomic mass is 9.90. The smallest absolute Gasteiger partial charge is 0.266 e. The van der Waals surface area contributed by atoms with Crippen molar-refractivity contribution in [1.29, 1.82) is 0 Å². The van der Waals surface area contributed by atoms with Crippen molar-refractivity contribution in [2.45, 2.75) is 19.1 Å². The molecule has 6 nitrogen and oxygen atoms in total. The number of fused-ring (bicyclic) bond motifs is 1. The van der Waals surface area contributed by atoms with Crippen LogP contribution >= 0.6 is 0 Å².